The lowest BCUT2D eigenvalue weighted by Crippen LogP contribution is -2.35. The summed E-state index contributed by atoms with van der Waals surface area (Å²) in [6.45, 7) is 1.07. The monoisotopic (exact) mass is 401 g/mol. The topological polar surface area (TPSA) is 119 Å². The van der Waals surface area contributed by atoms with Crippen LogP contribution in [-0.2, 0) is 14.4 Å². The Hall–Kier alpha value is -3.72. The standard InChI is InChI=1S/C18H12ClN3O6/c1-10(23)28-16-11(7-12(19)9-15(16)22(26)27)8-14-17(24)20-21(18(14)25)13-5-3-2-4-6-13/h2-9H,1H3,(H,20,24). The molecule has 0 unspecified atom stereocenters. The molecule has 2 amide bonds. The Labute approximate surface area is 163 Å². The molecule has 1 N–H and O–H groups in total. The minimum atomic E-state index is -0.807. The van der Waals surface area contributed by atoms with Crippen LogP contribution in [0.3, 0.4) is 0 Å². The van der Waals surface area contributed by atoms with Crippen molar-refractivity contribution in [3.05, 3.63) is 68.7 Å². The maximum Gasteiger partial charge on any atom is 0.313 e. The first-order chi connectivity index (χ1) is 13.3. The molecule has 0 atom stereocenters. The molecule has 0 radical (unpaired) electrons. The summed E-state index contributed by atoms with van der Waals surface area (Å²) in [5.74, 6) is -2.61. The summed E-state index contributed by atoms with van der Waals surface area (Å²) in [5.41, 5.74) is 1.92. The number of ether oxygens (including phenoxy) is 1. The van der Waals surface area contributed by atoms with Gasteiger partial charge >= 0.3 is 11.7 Å². The molecule has 9 nitrogen and oxygen atoms in total. The number of rotatable bonds is 4. The third-order valence-corrected chi connectivity index (χ3v) is 3.93. The molecule has 2 aromatic rings. The van der Waals surface area contributed by atoms with Crippen molar-refractivity contribution < 1.29 is 24.0 Å². The maximum absolute atomic E-state index is 12.7. The number of nitro benzene ring substituents is 1. The van der Waals surface area contributed by atoms with Gasteiger partial charge in [-0.05, 0) is 24.3 Å². The Morgan fingerprint density at radius 2 is 1.93 bits per heavy atom. The molecule has 1 aliphatic rings. The largest absolute Gasteiger partial charge is 0.419 e. The molecule has 0 bridgehead atoms. The van der Waals surface area contributed by atoms with E-state index in [2.05, 4.69) is 5.43 Å². The summed E-state index contributed by atoms with van der Waals surface area (Å²) in [6.07, 6.45) is 1.10. The zero-order valence-corrected chi connectivity index (χ0v) is 15.1. The normalized spacial score (nSPS) is 14.9. The molecule has 0 aromatic heterocycles. The van der Waals surface area contributed by atoms with E-state index in [1.54, 1.807) is 30.3 Å². The second-order valence-corrected chi connectivity index (χ2v) is 6.11. The second-order valence-electron chi connectivity index (χ2n) is 5.67. The lowest BCUT2D eigenvalue weighted by Gasteiger charge is -2.13. The number of nitro groups is 1. The number of para-hydroxylation sites is 1. The number of benzene rings is 2. The van der Waals surface area contributed by atoms with Crippen molar-refractivity contribution in [1.29, 1.82) is 0 Å². The zero-order chi connectivity index (χ0) is 20.4. The van der Waals surface area contributed by atoms with Crippen LogP contribution >= 0.6 is 11.6 Å². The Morgan fingerprint density at radius 3 is 2.54 bits per heavy atom. The SMILES string of the molecule is CC(=O)Oc1c(C=C2C(=O)NN(c3ccccc3)C2=O)cc(Cl)cc1[N+](=O)[O-]. The van der Waals surface area contributed by atoms with Crippen molar-refractivity contribution in [2.75, 3.05) is 5.01 Å². The van der Waals surface area contributed by atoms with Gasteiger partial charge in [-0.15, -0.1) is 0 Å². The van der Waals surface area contributed by atoms with Crippen molar-refractivity contribution >= 4 is 46.8 Å². The molecular formula is C18H12ClN3O6. The summed E-state index contributed by atoms with van der Waals surface area (Å²) in [6, 6.07) is 10.6. The van der Waals surface area contributed by atoms with Gasteiger partial charge in [0.2, 0.25) is 5.75 Å². The predicted octanol–water partition coefficient (Wildman–Crippen LogP) is 2.63. The average molecular weight is 402 g/mol. The fourth-order valence-electron chi connectivity index (χ4n) is 2.57. The minimum Gasteiger partial charge on any atom is -0.419 e. The van der Waals surface area contributed by atoms with Crippen LogP contribution in [0.25, 0.3) is 6.08 Å². The number of hydrogen-bond acceptors (Lipinski definition) is 6. The summed E-state index contributed by atoms with van der Waals surface area (Å²) in [7, 11) is 0. The minimum absolute atomic E-state index is 0.0276. The molecule has 0 aliphatic carbocycles. The number of esters is 1. The van der Waals surface area contributed by atoms with Crippen molar-refractivity contribution in [2.24, 2.45) is 0 Å². The number of amides is 2. The van der Waals surface area contributed by atoms with Crippen LogP contribution < -0.4 is 15.2 Å². The van der Waals surface area contributed by atoms with Gasteiger partial charge in [-0.2, -0.15) is 0 Å². The van der Waals surface area contributed by atoms with Crippen LogP contribution in [0.15, 0.2) is 48.0 Å². The number of carbonyl (C=O) groups is 3. The van der Waals surface area contributed by atoms with E-state index >= 15 is 0 Å². The number of anilines is 1. The molecular weight excluding hydrogens is 390 g/mol. The van der Waals surface area contributed by atoms with Crippen molar-refractivity contribution in [2.45, 2.75) is 6.92 Å². The Kier molecular flexibility index (Phi) is 5.10. The first-order valence-electron chi connectivity index (χ1n) is 7.86. The highest BCUT2D eigenvalue weighted by Gasteiger charge is 2.35. The van der Waals surface area contributed by atoms with Crippen LogP contribution in [0.1, 0.15) is 12.5 Å². The van der Waals surface area contributed by atoms with Crippen LogP contribution in [0.2, 0.25) is 5.02 Å². The van der Waals surface area contributed by atoms with E-state index < -0.39 is 34.1 Å². The third kappa shape index (κ3) is 3.69. The highest BCUT2D eigenvalue weighted by molar-refractivity contribution is 6.32. The third-order valence-electron chi connectivity index (χ3n) is 3.71. The van der Waals surface area contributed by atoms with E-state index in [9.17, 15) is 24.5 Å². The van der Waals surface area contributed by atoms with Gasteiger partial charge in [-0.3, -0.25) is 29.9 Å². The van der Waals surface area contributed by atoms with E-state index in [4.69, 9.17) is 16.3 Å². The van der Waals surface area contributed by atoms with Crippen molar-refractivity contribution in [3.8, 4) is 5.75 Å². The number of carbonyl (C=O) groups excluding carboxylic acids is 3. The summed E-state index contributed by atoms with van der Waals surface area (Å²) < 4.78 is 4.94. The molecule has 1 heterocycles. The smallest absolute Gasteiger partial charge is 0.313 e. The fourth-order valence-corrected chi connectivity index (χ4v) is 2.79. The summed E-state index contributed by atoms with van der Waals surface area (Å²) in [4.78, 5) is 46.8. The van der Waals surface area contributed by atoms with E-state index in [1.165, 1.54) is 6.07 Å². The van der Waals surface area contributed by atoms with Gasteiger partial charge in [0.1, 0.15) is 5.57 Å². The Morgan fingerprint density at radius 1 is 1.25 bits per heavy atom. The summed E-state index contributed by atoms with van der Waals surface area (Å²) in [5, 5.41) is 12.3. The molecule has 10 heteroatoms. The van der Waals surface area contributed by atoms with Gasteiger partial charge in [0, 0.05) is 23.6 Å². The number of halogens is 1. The molecule has 142 valence electrons. The molecule has 1 fully saturated rings. The van der Waals surface area contributed by atoms with E-state index in [1.807, 2.05) is 0 Å². The zero-order valence-electron chi connectivity index (χ0n) is 14.3. The van der Waals surface area contributed by atoms with Crippen molar-refractivity contribution in [1.82, 2.24) is 5.43 Å². The van der Waals surface area contributed by atoms with Gasteiger partial charge in [0.15, 0.2) is 0 Å². The van der Waals surface area contributed by atoms with Gasteiger partial charge in [0.05, 0.1) is 10.6 Å². The molecule has 0 saturated carbocycles. The average Bonchev–Trinajstić information content (AvgIpc) is 2.92. The lowest BCUT2D eigenvalue weighted by atomic mass is 10.1. The molecule has 28 heavy (non-hydrogen) atoms. The molecule has 2 aromatic carbocycles. The van der Waals surface area contributed by atoms with Crippen LogP contribution in [-0.4, -0.2) is 22.7 Å². The quantitative estimate of drug-likeness (QED) is 0.210. The molecule has 1 saturated heterocycles. The van der Waals surface area contributed by atoms with E-state index in [0.29, 0.717) is 5.69 Å². The number of nitrogens with one attached hydrogen (secondary N) is 1. The second kappa shape index (κ2) is 7.49. The fraction of sp³-hybridized carbons (Fsp3) is 0.0556. The lowest BCUT2D eigenvalue weighted by molar-refractivity contribution is -0.385. The number of nitrogens with zero attached hydrogens (tertiary/aromatic N) is 2. The predicted molar refractivity (Wildman–Crippen MR) is 99.5 cm³/mol. The van der Waals surface area contributed by atoms with Gasteiger partial charge in [0.25, 0.3) is 11.8 Å². The molecule has 3 rings (SSSR count). The highest BCUT2D eigenvalue weighted by atomic mass is 35.5. The first-order valence-corrected chi connectivity index (χ1v) is 8.24. The molecule has 1 aliphatic heterocycles. The van der Waals surface area contributed by atoms with Crippen LogP contribution in [0.5, 0.6) is 5.75 Å². The number of hydrogen-bond donors (Lipinski definition) is 1. The van der Waals surface area contributed by atoms with Gasteiger partial charge < -0.3 is 4.74 Å². The Balaban J connectivity index is 2.10. The summed E-state index contributed by atoms with van der Waals surface area (Å²) >= 11 is 5.92. The van der Waals surface area contributed by atoms with Crippen LogP contribution in [0, 0.1) is 10.1 Å². The van der Waals surface area contributed by atoms with E-state index in [0.717, 1.165) is 24.1 Å². The highest BCUT2D eigenvalue weighted by Crippen LogP contribution is 2.36. The van der Waals surface area contributed by atoms with Gasteiger partial charge in [-0.1, -0.05) is 29.8 Å². The number of hydrazine groups is 1. The van der Waals surface area contributed by atoms with Crippen LogP contribution in [0.4, 0.5) is 11.4 Å². The molecule has 0 spiro atoms. The van der Waals surface area contributed by atoms with Gasteiger partial charge in [-0.25, -0.2) is 5.01 Å². The van der Waals surface area contributed by atoms with Crippen molar-refractivity contribution in [3.63, 3.8) is 0 Å². The first kappa shape index (κ1) is 19.1. The van der Waals surface area contributed by atoms with E-state index in [-0.39, 0.29) is 16.2 Å². The maximum atomic E-state index is 12.7. The Bertz CT molecular complexity index is 1040.